The number of carbonyl (C=O) groups excluding carboxylic acids is 1. The first kappa shape index (κ1) is 17.1. The summed E-state index contributed by atoms with van der Waals surface area (Å²) in [6, 6.07) is 5.92. The van der Waals surface area contributed by atoms with Crippen LogP contribution in [0.3, 0.4) is 0 Å². The molecule has 1 aliphatic carbocycles. The van der Waals surface area contributed by atoms with E-state index in [2.05, 4.69) is 10.4 Å². The fourth-order valence-corrected chi connectivity index (χ4v) is 3.03. The predicted octanol–water partition coefficient (Wildman–Crippen LogP) is 2.81. The number of benzene rings is 1. The van der Waals surface area contributed by atoms with E-state index >= 15 is 0 Å². The highest BCUT2D eigenvalue weighted by atomic mass is 19.1. The molecule has 3 rings (SSSR count). The molecule has 1 atom stereocenters. The van der Waals surface area contributed by atoms with Crippen LogP contribution in [0.25, 0.3) is 0 Å². The van der Waals surface area contributed by atoms with Gasteiger partial charge in [-0.1, -0.05) is 12.1 Å². The van der Waals surface area contributed by atoms with Crippen molar-refractivity contribution in [1.29, 1.82) is 0 Å². The molecule has 1 N–H and O–H groups in total. The third-order valence-electron chi connectivity index (χ3n) is 4.46. The number of halogens is 1. The van der Waals surface area contributed by atoms with Crippen molar-refractivity contribution in [2.24, 2.45) is 5.92 Å². The molecule has 1 saturated carbocycles. The van der Waals surface area contributed by atoms with E-state index in [0.29, 0.717) is 11.6 Å². The maximum Gasteiger partial charge on any atom is 0.312 e. The Morgan fingerprint density at radius 2 is 2.04 bits per heavy atom. The first-order valence-electron chi connectivity index (χ1n) is 8.10. The average molecular weight is 346 g/mol. The van der Waals surface area contributed by atoms with Crippen molar-refractivity contribution in [3.8, 4) is 0 Å². The minimum Gasteiger partial charge on any atom is -0.347 e. The zero-order valence-electron chi connectivity index (χ0n) is 14.0. The number of nitrogens with one attached hydrogen (secondary N) is 1. The predicted molar refractivity (Wildman–Crippen MR) is 88.4 cm³/mol. The van der Waals surface area contributed by atoms with Gasteiger partial charge in [-0.05, 0) is 50.3 Å². The van der Waals surface area contributed by atoms with E-state index in [1.807, 2.05) is 0 Å². The summed E-state index contributed by atoms with van der Waals surface area (Å²) in [6.45, 7) is 3.03. The number of aromatic nitrogens is 2. The molecule has 7 nitrogen and oxygen atoms in total. The van der Waals surface area contributed by atoms with E-state index in [0.717, 1.165) is 18.4 Å². The number of hydrogen-bond donors (Lipinski definition) is 1. The van der Waals surface area contributed by atoms with Crippen LogP contribution in [0, 0.1) is 35.7 Å². The third-order valence-corrected chi connectivity index (χ3v) is 4.46. The molecule has 0 spiro atoms. The van der Waals surface area contributed by atoms with E-state index in [-0.39, 0.29) is 35.7 Å². The summed E-state index contributed by atoms with van der Waals surface area (Å²) in [4.78, 5) is 23.0. The van der Waals surface area contributed by atoms with Gasteiger partial charge in [0.1, 0.15) is 23.7 Å². The highest BCUT2D eigenvalue weighted by molar-refractivity contribution is 5.76. The second-order valence-electron chi connectivity index (χ2n) is 6.37. The van der Waals surface area contributed by atoms with Crippen LogP contribution in [-0.2, 0) is 11.3 Å². The van der Waals surface area contributed by atoms with Crippen molar-refractivity contribution >= 4 is 11.6 Å². The summed E-state index contributed by atoms with van der Waals surface area (Å²) < 4.78 is 14.5. The molecule has 0 saturated heterocycles. The van der Waals surface area contributed by atoms with Gasteiger partial charge in [-0.15, -0.1) is 0 Å². The van der Waals surface area contributed by atoms with E-state index in [4.69, 9.17) is 0 Å². The van der Waals surface area contributed by atoms with Gasteiger partial charge in [0.15, 0.2) is 0 Å². The normalized spacial score (nSPS) is 15.0. The number of amides is 1. The van der Waals surface area contributed by atoms with Crippen LogP contribution in [0.2, 0.25) is 0 Å². The summed E-state index contributed by atoms with van der Waals surface area (Å²) in [5, 5.41) is 18.1. The van der Waals surface area contributed by atoms with E-state index < -0.39 is 4.92 Å². The standard InChI is InChI=1S/C17H19FN4O3/c1-10-17(22(24)25)11(2)21(20-10)9-15(23)19-16(12-3-4-12)13-5-7-14(18)8-6-13/h5-8,12,16H,3-4,9H2,1-2H3,(H,19,23). The lowest BCUT2D eigenvalue weighted by Gasteiger charge is -2.19. The van der Waals surface area contributed by atoms with Crippen LogP contribution < -0.4 is 5.32 Å². The van der Waals surface area contributed by atoms with Crippen molar-refractivity contribution in [1.82, 2.24) is 15.1 Å². The molecular formula is C17H19FN4O3. The van der Waals surface area contributed by atoms with Gasteiger partial charge in [-0.3, -0.25) is 19.6 Å². The first-order chi connectivity index (χ1) is 11.9. The molecule has 1 aromatic carbocycles. The molecule has 0 aliphatic heterocycles. The molecule has 132 valence electrons. The highest BCUT2D eigenvalue weighted by Gasteiger charge is 2.33. The lowest BCUT2D eigenvalue weighted by molar-refractivity contribution is -0.386. The maximum absolute atomic E-state index is 13.1. The molecule has 1 aliphatic rings. The second kappa shape index (κ2) is 6.62. The number of nitro groups is 1. The van der Waals surface area contributed by atoms with Gasteiger partial charge >= 0.3 is 5.69 Å². The SMILES string of the molecule is Cc1nn(CC(=O)NC(c2ccc(F)cc2)C2CC2)c(C)c1[N+](=O)[O-]. The summed E-state index contributed by atoms with van der Waals surface area (Å²) in [5.41, 5.74) is 1.43. The smallest absolute Gasteiger partial charge is 0.312 e. The summed E-state index contributed by atoms with van der Waals surface area (Å²) >= 11 is 0. The Morgan fingerprint density at radius 1 is 1.40 bits per heavy atom. The Labute approximate surface area is 144 Å². The largest absolute Gasteiger partial charge is 0.347 e. The Morgan fingerprint density at radius 3 is 2.56 bits per heavy atom. The van der Waals surface area contributed by atoms with Gasteiger partial charge in [-0.2, -0.15) is 5.10 Å². The van der Waals surface area contributed by atoms with Gasteiger partial charge in [0.25, 0.3) is 0 Å². The van der Waals surface area contributed by atoms with Crippen molar-refractivity contribution in [3.05, 3.63) is 57.1 Å². The maximum atomic E-state index is 13.1. The molecule has 1 heterocycles. The zero-order valence-corrected chi connectivity index (χ0v) is 14.0. The average Bonchev–Trinajstić information content (AvgIpc) is 3.33. The molecule has 0 bridgehead atoms. The number of carbonyl (C=O) groups is 1. The Hall–Kier alpha value is -2.77. The molecule has 1 amide bonds. The van der Waals surface area contributed by atoms with Gasteiger partial charge in [0, 0.05) is 0 Å². The minimum absolute atomic E-state index is 0.0647. The van der Waals surface area contributed by atoms with Crippen LogP contribution in [0.5, 0.6) is 0 Å². The molecule has 2 aromatic rings. The lowest BCUT2D eigenvalue weighted by atomic mass is 10.0. The monoisotopic (exact) mass is 346 g/mol. The van der Waals surface area contributed by atoms with Crippen molar-refractivity contribution in [3.63, 3.8) is 0 Å². The quantitative estimate of drug-likeness (QED) is 0.643. The first-order valence-corrected chi connectivity index (χ1v) is 8.10. The second-order valence-corrected chi connectivity index (χ2v) is 6.37. The van der Waals surface area contributed by atoms with E-state index in [1.165, 1.54) is 16.8 Å². The Kier molecular flexibility index (Phi) is 4.52. The molecule has 1 unspecified atom stereocenters. The molecule has 1 fully saturated rings. The molecule has 25 heavy (non-hydrogen) atoms. The number of rotatable bonds is 6. The van der Waals surface area contributed by atoms with Crippen LogP contribution in [-0.4, -0.2) is 20.6 Å². The third kappa shape index (κ3) is 3.67. The van der Waals surface area contributed by atoms with Crippen LogP contribution >= 0.6 is 0 Å². The number of hydrogen-bond acceptors (Lipinski definition) is 4. The fourth-order valence-electron chi connectivity index (χ4n) is 3.03. The minimum atomic E-state index is -0.489. The van der Waals surface area contributed by atoms with Crippen LogP contribution in [0.4, 0.5) is 10.1 Å². The number of aryl methyl sites for hydroxylation is 1. The van der Waals surface area contributed by atoms with Crippen LogP contribution in [0.1, 0.15) is 35.8 Å². The van der Waals surface area contributed by atoms with Gasteiger partial charge in [0.05, 0.1) is 11.0 Å². The van der Waals surface area contributed by atoms with Gasteiger partial charge in [0.2, 0.25) is 5.91 Å². The fraction of sp³-hybridized carbons (Fsp3) is 0.412. The van der Waals surface area contributed by atoms with E-state index in [9.17, 15) is 19.3 Å². The van der Waals surface area contributed by atoms with E-state index in [1.54, 1.807) is 26.0 Å². The summed E-state index contributed by atoms with van der Waals surface area (Å²) in [7, 11) is 0. The Balaban J connectivity index is 1.74. The molecular weight excluding hydrogens is 327 g/mol. The molecule has 1 aromatic heterocycles. The van der Waals surface area contributed by atoms with Crippen molar-refractivity contribution < 1.29 is 14.1 Å². The van der Waals surface area contributed by atoms with Gasteiger partial charge < -0.3 is 5.32 Å². The lowest BCUT2D eigenvalue weighted by Crippen LogP contribution is -2.33. The van der Waals surface area contributed by atoms with Crippen molar-refractivity contribution in [2.45, 2.75) is 39.3 Å². The summed E-state index contributed by atoms with van der Waals surface area (Å²) in [6.07, 6.45) is 2.02. The molecule has 8 heteroatoms. The summed E-state index contributed by atoms with van der Waals surface area (Å²) in [5.74, 6) is -0.259. The molecule has 0 radical (unpaired) electrons. The van der Waals surface area contributed by atoms with Gasteiger partial charge in [-0.25, -0.2) is 4.39 Å². The topological polar surface area (TPSA) is 90.1 Å². The highest BCUT2D eigenvalue weighted by Crippen LogP contribution is 2.41. The van der Waals surface area contributed by atoms with Crippen LogP contribution in [0.15, 0.2) is 24.3 Å². The number of nitrogens with zero attached hydrogens (tertiary/aromatic N) is 3. The Bertz CT molecular complexity index is 812. The zero-order chi connectivity index (χ0) is 18.1. The van der Waals surface area contributed by atoms with Crippen molar-refractivity contribution in [2.75, 3.05) is 0 Å².